The molecule has 132 valence electrons. The fraction of sp³-hybridized carbons (Fsp3) is 0.353. The minimum absolute atomic E-state index is 0.157. The number of nitrogens with zero attached hydrogens (tertiary/aromatic N) is 5. The molecule has 1 atom stereocenters. The summed E-state index contributed by atoms with van der Waals surface area (Å²) in [7, 11) is 0. The molecule has 1 aromatic carbocycles. The summed E-state index contributed by atoms with van der Waals surface area (Å²) in [4.78, 5) is 28.2. The lowest BCUT2D eigenvalue weighted by molar-refractivity contribution is 0.0690. The first-order valence-corrected chi connectivity index (χ1v) is 8.11. The molecule has 1 aromatic heterocycles. The molecular weight excluding hydrogens is 338 g/mol. The lowest BCUT2D eigenvalue weighted by Gasteiger charge is -2.13. The Balaban J connectivity index is 1.44. The van der Waals surface area contributed by atoms with Crippen LogP contribution < -0.4 is 4.90 Å². The van der Waals surface area contributed by atoms with Crippen molar-refractivity contribution < 1.29 is 19.4 Å². The van der Waals surface area contributed by atoms with E-state index in [0.29, 0.717) is 12.2 Å². The van der Waals surface area contributed by atoms with Crippen molar-refractivity contribution in [1.82, 2.24) is 15.0 Å². The maximum Gasteiger partial charge on any atom is 0.414 e. The van der Waals surface area contributed by atoms with Crippen molar-refractivity contribution in [2.45, 2.75) is 31.0 Å². The molecule has 2 aromatic rings. The molecule has 1 saturated heterocycles. The van der Waals surface area contributed by atoms with Crippen LogP contribution in [0.25, 0.3) is 4.85 Å². The zero-order chi connectivity index (χ0) is 18.3. The summed E-state index contributed by atoms with van der Waals surface area (Å²) in [5.41, 5.74) is 1.15. The van der Waals surface area contributed by atoms with Crippen LogP contribution in [0.3, 0.4) is 0 Å². The standard InChI is InChI=1S/C17H15N5O4/c1-18-17(6-7-17)11-2-4-12(5-3-11)22-9-13(26-16(22)25)8-21-10-14(15(23)24)19-20-21/h2-5,10,13H,6-9H2,(H,23,24). The van der Waals surface area contributed by atoms with Crippen molar-refractivity contribution >= 4 is 17.7 Å². The molecule has 9 nitrogen and oxygen atoms in total. The summed E-state index contributed by atoms with van der Waals surface area (Å²) >= 11 is 0. The van der Waals surface area contributed by atoms with Crippen LogP contribution in [0.2, 0.25) is 0 Å². The second-order valence-corrected chi connectivity index (χ2v) is 6.44. The van der Waals surface area contributed by atoms with Crippen LogP contribution in [0, 0.1) is 6.57 Å². The third-order valence-electron chi connectivity index (χ3n) is 4.68. The van der Waals surface area contributed by atoms with Crippen molar-refractivity contribution in [3.63, 3.8) is 0 Å². The molecule has 1 aliphatic heterocycles. The Bertz CT molecular complexity index is 910. The monoisotopic (exact) mass is 353 g/mol. The highest BCUT2D eigenvalue weighted by Gasteiger charge is 2.52. The van der Waals surface area contributed by atoms with E-state index in [0.717, 1.165) is 18.4 Å². The first-order chi connectivity index (χ1) is 12.5. The summed E-state index contributed by atoms with van der Waals surface area (Å²) in [6.45, 7) is 7.86. The molecule has 0 radical (unpaired) electrons. The number of carbonyl (C=O) groups excluding carboxylic acids is 1. The lowest BCUT2D eigenvalue weighted by Crippen LogP contribution is -2.26. The molecule has 1 unspecified atom stereocenters. The van der Waals surface area contributed by atoms with E-state index in [9.17, 15) is 9.59 Å². The van der Waals surface area contributed by atoms with E-state index in [2.05, 4.69) is 15.2 Å². The number of rotatable bonds is 5. The van der Waals surface area contributed by atoms with E-state index in [1.165, 1.54) is 15.8 Å². The van der Waals surface area contributed by atoms with E-state index in [-0.39, 0.29) is 17.8 Å². The molecule has 1 aliphatic carbocycles. The zero-order valence-corrected chi connectivity index (χ0v) is 13.7. The fourth-order valence-electron chi connectivity index (χ4n) is 3.06. The second-order valence-electron chi connectivity index (χ2n) is 6.44. The second kappa shape index (κ2) is 5.84. The molecule has 1 amide bonds. The van der Waals surface area contributed by atoms with Crippen molar-refractivity contribution in [3.05, 3.63) is 53.1 Å². The van der Waals surface area contributed by atoms with Crippen molar-refractivity contribution in [1.29, 1.82) is 0 Å². The molecule has 1 N–H and O–H groups in total. The molecule has 1 saturated carbocycles. The molecule has 4 rings (SSSR count). The summed E-state index contributed by atoms with van der Waals surface area (Å²) in [6.07, 6.45) is 2.13. The number of aromatic nitrogens is 3. The molecule has 0 bridgehead atoms. The van der Waals surface area contributed by atoms with Crippen LogP contribution in [0.15, 0.2) is 30.5 Å². The van der Waals surface area contributed by atoms with Gasteiger partial charge in [0.15, 0.2) is 5.69 Å². The van der Waals surface area contributed by atoms with E-state index in [4.69, 9.17) is 16.4 Å². The van der Waals surface area contributed by atoms with Gasteiger partial charge in [-0.25, -0.2) is 20.8 Å². The topological polar surface area (TPSA) is 102 Å². The van der Waals surface area contributed by atoms with E-state index >= 15 is 0 Å². The van der Waals surface area contributed by atoms with Gasteiger partial charge in [-0.15, -0.1) is 5.10 Å². The lowest BCUT2D eigenvalue weighted by atomic mass is 10.1. The summed E-state index contributed by atoms with van der Waals surface area (Å²) in [5, 5.41) is 16.1. The Morgan fingerprint density at radius 2 is 2.12 bits per heavy atom. The Labute approximate surface area is 148 Å². The predicted octanol–water partition coefficient (Wildman–Crippen LogP) is 1.91. The van der Waals surface area contributed by atoms with Crippen LogP contribution in [0.4, 0.5) is 10.5 Å². The van der Waals surface area contributed by atoms with Gasteiger partial charge in [-0.2, -0.15) is 0 Å². The van der Waals surface area contributed by atoms with Gasteiger partial charge in [0.05, 0.1) is 19.3 Å². The Morgan fingerprint density at radius 3 is 2.69 bits per heavy atom. The number of carboxylic acid groups (broad SMARTS) is 1. The largest absolute Gasteiger partial charge is 0.476 e. The molecule has 26 heavy (non-hydrogen) atoms. The van der Waals surface area contributed by atoms with Crippen LogP contribution in [-0.2, 0) is 16.8 Å². The van der Waals surface area contributed by atoms with E-state index in [1.807, 2.05) is 24.3 Å². The number of carboxylic acids is 1. The number of benzene rings is 1. The van der Waals surface area contributed by atoms with Gasteiger partial charge >= 0.3 is 12.1 Å². The number of aromatic carboxylic acids is 1. The molecule has 9 heteroatoms. The highest BCUT2D eigenvalue weighted by Crippen LogP contribution is 2.49. The van der Waals surface area contributed by atoms with Crippen LogP contribution >= 0.6 is 0 Å². The van der Waals surface area contributed by atoms with E-state index in [1.54, 1.807) is 0 Å². The van der Waals surface area contributed by atoms with Crippen LogP contribution in [-0.4, -0.2) is 44.8 Å². The number of ether oxygens (including phenoxy) is 1. The highest BCUT2D eigenvalue weighted by molar-refractivity contribution is 5.89. The quantitative estimate of drug-likeness (QED) is 0.824. The number of hydrogen-bond donors (Lipinski definition) is 1. The van der Waals surface area contributed by atoms with Gasteiger partial charge in [-0.05, 0) is 24.3 Å². The minimum atomic E-state index is -1.16. The fourth-order valence-corrected chi connectivity index (χ4v) is 3.06. The molecular formula is C17H15N5O4. The van der Waals surface area contributed by atoms with E-state index < -0.39 is 18.2 Å². The van der Waals surface area contributed by atoms with Crippen molar-refractivity contribution in [3.8, 4) is 0 Å². The Hall–Kier alpha value is -3.41. The van der Waals surface area contributed by atoms with Gasteiger partial charge < -0.3 is 14.7 Å². The molecule has 2 aliphatic rings. The molecule has 2 heterocycles. The normalized spacial score (nSPS) is 20.5. The SMILES string of the molecule is [C-]#[N+]C1(c2ccc(N3CC(Cn4cc(C(=O)O)nn4)OC3=O)cc2)CC1. The van der Waals surface area contributed by atoms with Gasteiger partial charge in [0, 0.05) is 24.1 Å². The number of amides is 1. The molecule has 2 fully saturated rings. The summed E-state index contributed by atoms with van der Waals surface area (Å²) in [5.74, 6) is -1.16. The van der Waals surface area contributed by atoms with Crippen molar-refractivity contribution in [2.75, 3.05) is 11.4 Å². The van der Waals surface area contributed by atoms with Crippen molar-refractivity contribution in [2.24, 2.45) is 0 Å². The van der Waals surface area contributed by atoms with Crippen LogP contribution in [0.1, 0.15) is 28.9 Å². The average molecular weight is 353 g/mol. The van der Waals surface area contributed by atoms with Crippen LogP contribution in [0.5, 0.6) is 0 Å². The smallest absolute Gasteiger partial charge is 0.414 e. The Kier molecular flexibility index (Phi) is 3.61. The third-order valence-corrected chi connectivity index (χ3v) is 4.68. The first-order valence-electron chi connectivity index (χ1n) is 8.11. The zero-order valence-electron chi connectivity index (χ0n) is 13.7. The van der Waals surface area contributed by atoms with Gasteiger partial charge in [-0.3, -0.25) is 4.90 Å². The number of cyclic esters (lactones) is 1. The minimum Gasteiger partial charge on any atom is -0.476 e. The highest BCUT2D eigenvalue weighted by atomic mass is 16.6. The Morgan fingerprint density at radius 1 is 1.38 bits per heavy atom. The number of carbonyl (C=O) groups is 2. The number of anilines is 1. The molecule has 0 spiro atoms. The first kappa shape index (κ1) is 16.1. The maximum absolute atomic E-state index is 12.2. The summed E-state index contributed by atoms with van der Waals surface area (Å²) in [6, 6.07) is 7.42. The van der Waals surface area contributed by atoms with Gasteiger partial charge in [-0.1, -0.05) is 5.21 Å². The third kappa shape index (κ3) is 2.75. The number of hydrogen-bond acceptors (Lipinski definition) is 5. The predicted molar refractivity (Wildman–Crippen MR) is 88.6 cm³/mol. The van der Waals surface area contributed by atoms with Gasteiger partial charge in [0.25, 0.3) is 5.54 Å². The van der Waals surface area contributed by atoms with Gasteiger partial charge in [0.1, 0.15) is 6.10 Å². The summed E-state index contributed by atoms with van der Waals surface area (Å²) < 4.78 is 6.68. The maximum atomic E-state index is 12.2. The van der Waals surface area contributed by atoms with Gasteiger partial charge in [0.2, 0.25) is 0 Å². The average Bonchev–Trinajstić information content (AvgIpc) is 3.15.